The number of allylic oxidation sites excluding steroid dienone is 12. The van der Waals surface area contributed by atoms with Crippen LogP contribution in [-0.4, -0.2) is 11.1 Å². The first-order valence-electron chi connectivity index (χ1n) is 24.8. The molecule has 0 spiro atoms. The van der Waals surface area contributed by atoms with Crippen molar-refractivity contribution in [3.05, 3.63) is 148 Å². The van der Waals surface area contributed by atoms with Crippen molar-refractivity contribution in [1.82, 2.24) is 0 Å². The van der Waals surface area contributed by atoms with Crippen LogP contribution in [0.2, 0.25) is 0 Å². The van der Waals surface area contributed by atoms with Crippen LogP contribution in [0.1, 0.15) is 172 Å². The Bertz CT molecular complexity index is 2020. The molecule has 8 heteroatoms. The molecule has 3 aromatic rings. The molecule has 2 atom stereocenters. The lowest BCUT2D eigenvalue weighted by atomic mass is 9.85. The summed E-state index contributed by atoms with van der Waals surface area (Å²) in [5.74, 6) is 3.79. The van der Waals surface area contributed by atoms with E-state index >= 15 is 0 Å². The maximum atomic E-state index is 13.5. The average Bonchev–Trinajstić information content (AvgIpc) is 3.32. The molecule has 0 amide bonds. The topological polar surface area (TPSA) is 47.9 Å². The van der Waals surface area contributed by atoms with Crippen LogP contribution in [0.5, 0.6) is 11.5 Å². The van der Waals surface area contributed by atoms with Gasteiger partial charge in [0.1, 0.15) is 17.3 Å². The van der Waals surface area contributed by atoms with Crippen molar-refractivity contribution in [3.63, 3.8) is 0 Å². The van der Waals surface area contributed by atoms with Gasteiger partial charge in [-0.05, 0) is 163 Å². The van der Waals surface area contributed by atoms with Crippen molar-refractivity contribution in [1.29, 1.82) is 0 Å². The Kier molecular flexibility index (Phi) is 50.9. The third-order valence-electron chi connectivity index (χ3n) is 8.27. The van der Waals surface area contributed by atoms with Gasteiger partial charge in [-0.25, -0.2) is 8.78 Å². The standard InChI is InChI=1S/C32H35FO4P2.C11H20.C5H10.C4H7F.2C3H8.C2H6.C2H2/c1-8-11-17-38(35-27(10-3)12-9-2)36-31-24(6)18-22(4)20-29(31)30-21-23(5)19-25(7)32(30)37-39(34)28-15-13-26(33)14-16-28;1-6-8-10(9-7-2)11(3,4)5;1-3-5-4-2;1-3-4(2)5;2*1-3-2;2*1-2/h3,8,11-16,18-21,34H,9,17H2,1-2,4-7H3;6,8-9H,7H2,1-5H3;3,5H,4H2,1-2H3;3H,1-2H3;2*3H2,1-2H3;1-2H3;1-2H/b11-8-,27-12-;8-6-,10-9+;5-3-;4-3+;;;;. The molecule has 2 unspecified atom stereocenters. The van der Waals surface area contributed by atoms with Crippen LogP contribution < -0.4 is 14.4 Å². The summed E-state index contributed by atoms with van der Waals surface area (Å²) in [6, 6.07) is 13.8. The van der Waals surface area contributed by atoms with E-state index < -0.39 is 16.8 Å². The number of terminal acetylenes is 2. The summed E-state index contributed by atoms with van der Waals surface area (Å²) in [5.41, 5.74) is 7.25. The van der Waals surface area contributed by atoms with Crippen LogP contribution >= 0.6 is 16.8 Å². The Labute approximate surface area is 432 Å². The molecule has 0 heterocycles. The van der Waals surface area contributed by atoms with Gasteiger partial charge in [0.05, 0.1) is 12.0 Å². The maximum absolute atomic E-state index is 13.5. The van der Waals surface area contributed by atoms with Crippen LogP contribution in [0, 0.1) is 64.1 Å². The zero-order valence-corrected chi connectivity index (χ0v) is 49.4. The molecule has 0 aliphatic carbocycles. The van der Waals surface area contributed by atoms with Crippen LogP contribution in [0.4, 0.5) is 8.78 Å². The Balaban J connectivity index is -0.000000369. The van der Waals surface area contributed by atoms with Crippen LogP contribution in [-0.2, 0) is 4.52 Å². The summed E-state index contributed by atoms with van der Waals surface area (Å²) in [4.78, 5) is 11.0. The molecule has 0 saturated carbocycles. The van der Waals surface area contributed by atoms with E-state index in [0.29, 0.717) is 34.1 Å². The second-order valence-electron chi connectivity index (χ2n) is 16.2. The number of hydrogen-bond donors (Lipinski definition) is 1. The van der Waals surface area contributed by atoms with Gasteiger partial charge in [0.2, 0.25) is 0 Å². The van der Waals surface area contributed by atoms with Gasteiger partial charge in [-0.15, -0.1) is 19.3 Å². The molecule has 0 radical (unpaired) electrons. The Morgan fingerprint density at radius 3 is 1.46 bits per heavy atom. The first-order valence-corrected chi connectivity index (χ1v) is 27.4. The van der Waals surface area contributed by atoms with Crippen LogP contribution in [0.15, 0.2) is 120 Å². The molecule has 0 aliphatic rings. The Hall–Kier alpha value is -4.70. The number of aryl methyl sites for hydroxylation is 4. The summed E-state index contributed by atoms with van der Waals surface area (Å²) in [6.07, 6.45) is 37.8. The zero-order valence-electron chi connectivity index (χ0n) is 47.6. The van der Waals surface area contributed by atoms with Gasteiger partial charge < -0.3 is 18.5 Å². The minimum Gasteiger partial charge on any atom is -0.443 e. The fraction of sp³-hybridized carbons (Fsp3) is 0.452. The van der Waals surface area contributed by atoms with Gasteiger partial charge in [-0.3, -0.25) is 0 Å². The zero-order chi connectivity index (χ0) is 55.3. The highest BCUT2D eigenvalue weighted by Crippen LogP contribution is 2.50. The second kappa shape index (κ2) is 48.0. The first-order chi connectivity index (χ1) is 33.2. The van der Waals surface area contributed by atoms with Gasteiger partial charge in [-0.1, -0.05) is 157 Å². The summed E-state index contributed by atoms with van der Waals surface area (Å²) >= 11 is 0. The van der Waals surface area contributed by atoms with E-state index in [-0.39, 0.29) is 11.6 Å². The maximum Gasteiger partial charge on any atom is 0.295 e. The van der Waals surface area contributed by atoms with Crippen molar-refractivity contribution >= 4 is 22.1 Å². The third-order valence-corrected chi connectivity index (χ3v) is 10.7. The normalized spacial score (nSPS) is 11.8. The monoisotopic (exact) mass is 1000 g/mol. The minimum atomic E-state index is -2.03. The molecule has 0 fully saturated rings. The van der Waals surface area contributed by atoms with Gasteiger partial charge >= 0.3 is 0 Å². The molecule has 0 aromatic heterocycles. The highest BCUT2D eigenvalue weighted by Gasteiger charge is 2.24. The van der Waals surface area contributed by atoms with E-state index in [1.807, 2.05) is 98.7 Å². The molecule has 3 aromatic carbocycles. The lowest BCUT2D eigenvalue weighted by Crippen LogP contribution is -2.07. The predicted molar refractivity (Wildman–Crippen MR) is 314 cm³/mol. The number of benzene rings is 3. The molecule has 0 aliphatic heterocycles. The van der Waals surface area contributed by atoms with Crippen molar-refractivity contribution < 1.29 is 27.2 Å². The Morgan fingerprint density at radius 2 is 1.13 bits per heavy atom. The molecule has 3 rings (SSSR count). The fourth-order valence-electron chi connectivity index (χ4n) is 5.32. The summed E-state index contributed by atoms with van der Waals surface area (Å²) in [6.45, 7) is 42.7. The second-order valence-corrected chi connectivity index (χ2v) is 18.9. The smallest absolute Gasteiger partial charge is 0.295 e. The fourth-order valence-corrected chi connectivity index (χ4v) is 7.61. The number of rotatable bonds is 14. The molecule has 392 valence electrons. The molecular weight excluding hydrogens is 909 g/mol. The quantitative estimate of drug-likeness (QED) is 0.0575. The van der Waals surface area contributed by atoms with E-state index in [0.717, 1.165) is 52.6 Å². The SMILES string of the molecule is C#C.C#C/C(=C/CC)OP(C/C=C\C)Oc1c(C)cc(C)cc1-c1cc(C)cc(C)c1OP(O)c1ccc(F)cc1.C/C=C(\C)F.C/C=C\C(=C/CC)C(C)(C)C.C/C=C\CC.CC.CCC.CCC. The van der Waals surface area contributed by atoms with Crippen molar-refractivity contribution in [3.8, 4) is 47.8 Å². The van der Waals surface area contributed by atoms with Crippen molar-refractivity contribution in [2.45, 2.75) is 178 Å². The highest BCUT2D eigenvalue weighted by molar-refractivity contribution is 7.55. The van der Waals surface area contributed by atoms with Crippen molar-refractivity contribution in [2.75, 3.05) is 6.16 Å². The van der Waals surface area contributed by atoms with Crippen LogP contribution in [0.25, 0.3) is 11.1 Å². The number of hydrogen-bond acceptors (Lipinski definition) is 4. The number of halogens is 2. The lowest BCUT2D eigenvalue weighted by Gasteiger charge is -2.24. The van der Waals surface area contributed by atoms with E-state index in [1.165, 1.54) is 55.7 Å². The van der Waals surface area contributed by atoms with Gasteiger partial charge in [-0.2, -0.15) is 0 Å². The summed E-state index contributed by atoms with van der Waals surface area (Å²) in [5, 5.41) is 0.516. The lowest BCUT2D eigenvalue weighted by molar-refractivity contribution is 0.422. The van der Waals surface area contributed by atoms with Gasteiger partial charge in [0.25, 0.3) is 16.8 Å². The minimum absolute atomic E-state index is 0.120. The summed E-state index contributed by atoms with van der Waals surface area (Å²) < 4.78 is 43.7. The summed E-state index contributed by atoms with van der Waals surface area (Å²) in [7, 11) is -3.46. The first kappa shape index (κ1) is 74.3. The molecule has 0 bridgehead atoms. The molecule has 4 nitrogen and oxygen atoms in total. The van der Waals surface area contributed by atoms with Gasteiger partial charge in [0.15, 0.2) is 5.76 Å². The molecule has 70 heavy (non-hydrogen) atoms. The molecular formula is C62H96F2O4P2. The van der Waals surface area contributed by atoms with E-state index in [1.54, 1.807) is 6.92 Å². The molecule has 0 saturated heterocycles. The van der Waals surface area contributed by atoms with E-state index in [9.17, 15) is 13.7 Å². The average molecular weight is 1010 g/mol. The van der Waals surface area contributed by atoms with E-state index in [2.05, 4.69) is 124 Å². The van der Waals surface area contributed by atoms with Gasteiger partial charge in [0, 0.05) is 16.4 Å². The van der Waals surface area contributed by atoms with E-state index in [4.69, 9.17) is 20.0 Å². The molecule has 1 N–H and O–H groups in total. The third kappa shape index (κ3) is 36.3. The highest BCUT2D eigenvalue weighted by atomic mass is 31.2. The largest absolute Gasteiger partial charge is 0.443 e. The Morgan fingerprint density at radius 1 is 0.700 bits per heavy atom. The van der Waals surface area contributed by atoms with Crippen LogP contribution in [0.3, 0.4) is 0 Å². The van der Waals surface area contributed by atoms with Crippen molar-refractivity contribution in [2.24, 2.45) is 5.41 Å². The predicted octanol–water partition coefficient (Wildman–Crippen LogP) is 20.9.